The molecule has 6 heteroatoms. The molecule has 0 aliphatic rings. The van der Waals surface area contributed by atoms with Gasteiger partial charge in [-0.3, -0.25) is 0 Å². The summed E-state index contributed by atoms with van der Waals surface area (Å²) in [6, 6.07) is 12.1. The van der Waals surface area contributed by atoms with Crippen molar-refractivity contribution >= 4 is 0 Å². The minimum atomic E-state index is -0.630. The van der Waals surface area contributed by atoms with Crippen LogP contribution in [0.2, 0.25) is 0 Å². The molecule has 0 aromatic heterocycles. The lowest BCUT2D eigenvalue weighted by molar-refractivity contribution is 0.262. The van der Waals surface area contributed by atoms with Crippen molar-refractivity contribution in [1.82, 2.24) is 0 Å². The summed E-state index contributed by atoms with van der Waals surface area (Å²) in [4.78, 5) is 0. The van der Waals surface area contributed by atoms with Gasteiger partial charge in [-0.15, -0.1) is 0 Å². The molecule has 0 fully saturated rings. The molecule has 0 aliphatic carbocycles. The molecule has 0 aliphatic heterocycles. The van der Waals surface area contributed by atoms with Gasteiger partial charge in [-0.25, -0.2) is 13.2 Å². The Kier molecular flexibility index (Phi) is 7.26. The van der Waals surface area contributed by atoms with Crippen LogP contribution in [0.4, 0.5) is 13.2 Å². The van der Waals surface area contributed by atoms with E-state index in [0.717, 1.165) is 5.56 Å². The van der Waals surface area contributed by atoms with Crippen molar-refractivity contribution in [3.8, 4) is 28.4 Å². The molecule has 0 N–H and O–H groups in total. The second kappa shape index (κ2) is 9.70. The largest absolute Gasteiger partial charge is 0.491 e. The van der Waals surface area contributed by atoms with Gasteiger partial charge >= 0.3 is 0 Å². The Labute approximate surface area is 139 Å². The van der Waals surface area contributed by atoms with Crippen LogP contribution in [0.5, 0.6) is 17.2 Å². The van der Waals surface area contributed by atoms with E-state index >= 15 is 0 Å². The summed E-state index contributed by atoms with van der Waals surface area (Å²) in [6.07, 6.45) is 0. The third-order valence-corrected chi connectivity index (χ3v) is 3.12. The maximum absolute atomic E-state index is 12.5. The maximum atomic E-state index is 12.5. The lowest BCUT2D eigenvalue weighted by Crippen LogP contribution is -2.03. The molecule has 2 rings (SSSR count). The molecule has 2 aromatic carbocycles. The van der Waals surface area contributed by atoms with Crippen molar-refractivity contribution in [3.05, 3.63) is 42.5 Å². The quantitative estimate of drug-likeness (QED) is 0.642. The fraction of sp³-hybridized carbons (Fsp3) is 0.333. The third-order valence-electron chi connectivity index (χ3n) is 3.12. The molecule has 0 saturated heterocycles. The third kappa shape index (κ3) is 5.08. The number of hydrogen-bond donors (Lipinski definition) is 0. The van der Waals surface area contributed by atoms with Crippen LogP contribution in [0.25, 0.3) is 11.1 Å². The first kappa shape index (κ1) is 18.0. The number of rotatable bonds is 10. The van der Waals surface area contributed by atoms with Crippen LogP contribution in [0, 0.1) is 0 Å². The average Bonchev–Trinajstić information content (AvgIpc) is 2.63. The molecule has 0 bridgehead atoms. The fourth-order valence-corrected chi connectivity index (χ4v) is 2.17. The van der Waals surface area contributed by atoms with Gasteiger partial charge in [0.15, 0.2) is 0 Å². The minimum absolute atomic E-state index is 0.0231. The number of halogens is 3. The summed E-state index contributed by atoms with van der Waals surface area (Å²) in [6.45, 7) is -1.99. The highest BCUT2D eigenvalue weighted by molar-refractivity contribution is 5.72. The first-order valence-corrected chi connectivity index (χ1v) is 7.59. The number of hydrogen-bond acceptors (Lipinski definition) is 3. The molecule has 0 saturated carbocycles. The Bertz CT molecular complexity index is 635. The van der Waals surface area contributed by atoms with Crippen LogP contribution >= 0.6 is 0 Å². The predicted molar refractivity (Wildman–Crippen MR) is 86.3 cm³/mol. The van der Waals surface area contributed by atoms with E-state index in [-0.39, 0.29) is 19.8 Å². The van der Waals surface area contributed by atoms with Crippen molar-refractivity contribution in [2.45, 2.75) is 0 Å². The van der Waals surface area contributed by atoms with E-state index in [1.54, 1.807) is 36.4 Å². The zero-order valence-corrected chi connectivity index (χ0v) is 13.1. The lowest BCUT2D eigenvalue weighted by atomic mass is 10.0. The van der Waals surface area contributed by atoms with E-state index in [1.807, 2.05) is 6.07 Å². The van der Waals surface area contributed by atoms with E-state index in [9.17, 15) is 13.2 Å². The molecular formula is C18H19F3O3. The summed E-state index contributed by atoms with van der Waals surface area (Å²) in [7, 11) is 0. The van der Waals surface area contributed by atoms with Gasteiger partial charge in [-0.05, 0) is 29.8 Å². The highest BCUT2D eigenvalue weighted by atomic mass is 19.1. The Morgan fingerprint density at radius 1 is 0.667 bits per heavy atom. The van der Waals surface area contributed by atoms with Crippen molar-refractivity contribution in [3.63, 3.8) is 0 Å². The van der Waals surface area contributed by atoms with Crippen LogP contribution in [-0.2, 0) is 0 Å². The zero-order valence-electron chi connectivity index (χ0n) is 13.1. The van der Waals surface area contributed by atoms with Gasteiger partial charge in [0.1, 0.15) is 57.1 Å². The molecule has 0 unspecified atom stereocenters. The molecule has 0 amide bonds. The van der Waals surface area contributed by atoms with Gasteiger partial charge in [-0.2, -0.15) is 0 Å². The number of ether oxygens (including phenoxy) is 3. The SMILES string of the molecule is FCCOc1cccc(-c2ccc(OCCF)cc2OCCF)c1. The fourth-order valence-electron chi connectivity index (χ4n) is 2.17. The molecule has 0 heterocycles. The number of alkyl halides is 3. The summed E-state index contributed by atoms with van der Waals surface area (Å²) in [5.41, 5.74) is 1.49. The zero-order chi connectivity index (χ0) is 17.2. The van der Waals surface area contributed by atoms with E-state index in [2.05, 4.69) is 0 Å². The van der Waals surface area contributed by atoms with Gasteiger partial charge in [0.2, 0.25) is 0 Å². The minimum Gasteiger partial charge on any atom is -0.491 e. The first-order valence-electron chi connectivity index (χ1n) is 7.59. The Hall–Kier alpha value is -2.37. The molecule has 0 radical (unpaired) electrons. The van der Waals surface area contributed by atoms with E-state index < -0.39 is 20.0 Å². The summed E-state index contributed by atoms with van der Waals surface area (Å²) < 4.78 is 52.8. The lowest BCUT2D eigenvalue weighted by Gasteiger charge is -2.14. The summed E-state index contributed by atoms with van der Waals surface area (Å²) in [5.74, 6) is 1.39. The Morgan fingerprint density at radius 3 is 1.96 bits per heavy atom. The van der Waals surface area contributed by atoms with Crippen LogP contribution in [0.3, 0.4) is 0 Å². The van der Waals surface area contributed by atoms with Crippen LogP contribution in [0.15, 0.2) is 42.5 Å². The van der Waals surface area contributed by atoms with Crippen molar-refractivity contribution in [1.29, 1.82) is 0 Å². The molecule has 0 spiro atoms. The number of benzene rings is 2. The smallest absolute Gasteiger partial charge is 0.130 e. The Balaban J connectivity index is 2.29. The Morgan fingerprint density at radius 2 is 1.29 bits per heavy atom. The summed E-state index contributed by atoms with van der Waals surface area (Å²) in [5, 5.41) is 0. The molecule has 130 valence electrons. The monoisotopic (exact) mass is 340 g/mol. The highest BCUT2D eigenvalue weighted by Gasteiger charge is 2.10. The maximum Gasteiger partial charge on any atom is 0.130 e. The van der Waals surface area contributed by atoms with E-state index in [0.29, 0.717) is 22.8 Å². The van der Waals surface area contributed by atoms with Crippen molar-refractivity contribution in [2.75, 3.05) is 39.8 Å². The standard InChI is InChI=1S/C18H19F3O3/c19-6-9-22-15-3-1-2-14(12-15)17-5-4-16(23-10-7-20)13-18(17)24-11-8-21/h1-5,12-13H,6-11H2. The predicted octanol–water partition coefficient (Wildman–Crippen LogP) is 4.40. The van der Waals surface area contributed by atoms with Gasteiger partial charge in [-0.1, -0.05) is 12.1 Å². The molecule has 0 atom stereocenters. The van der Waals surface area contributed by atoms with Gasteiger partial charge in [0, 0.05) is 11.6 Å². The van der Waals surface area contributed by atoms with Crippen molar-refractivity contribution in [2.24, 2.45) is 0 Å². The van der Waals surface area contributed by atoms with Crippen LogP contribution in [0.1, 0.15) is 0 Å². The molecule has 3 nitrogen and oxygen atoms in total. The van der Waals surface area contributed by atoms with Crippen molar-refractivity contribution < 1.29 is 27.4 Å². The molecular weight excluding hydrogens is 321 g/mol. The molecule has 2 aromatic rings. The average molecular weight is 340 g/mol. The van der Waals surface area contributed by atoms with Crippen LogP contribution < -0.4 is 14.2 Å². The normalized spacial score (nSPS) is 10.5. The molecule has 24 heavy (non-hydrogen) atoms. The second-order valence-electron chi connectivity index (χ2n) is 4.80. The van der Waals surface area contributed by atoms with Gasteiger partial charge in [0.25, 0.3) is 0 Å². The first-order chi connectivity index (χ1) is 11.8. The van der Waals surface area contributed by atoms with E-state index in [4.69, 9.17) is 14.2 Å². The topological polar surface area (TPSA) is 27.7 Å². The highest BCUT2D eigenvalue weighted by Crippen LogP contribution is 2.35. The van der Waals surface area contributed by atoms with E-state index in [1.165, 1.54) is 0 Å². The van der Waals surface area contributed by atoms with Gasteiger partial charge < -0.3 is 14.2 Å². The summed E-state index contributed by atoms with van der Waals surface area (Å²) >= 11 is 0. The van der Waals surface area contributed by atoms with Gasteiger partial charge in [0.05, 0.1) is 0 Å². The van der Waals surface area contributed by atoms with Crippen LogP contribution in [-0.4, -0.2) is 39.8 Å². The second-order valence-corrected chi connectivity index (χ2v) is 4.80.